The van der Waals surface area contributed by atoms with E-state index in [9.17, 15) is 14.4 Å². The van der Waals surface area contributed by atoms with Gasteiger partial charge in [0.2, 0.25) is 0 Å². The Hall–Kier alpha value is -2.54. The topological polar surface area (TPSA) is 68.6 Å². The summed E-state index contributed by atoms with van der Waals surface area (Å²) in [5.74, 6) is -0.637. The number of fused-ring (bicyclic) bond motifs is 1. The average Bonchev–Trinajstić information content (AvgIpc) is 3.05. The van der Waals surface area contributed by atoms with Crippen LogP contribution in [-0.4, -0.2) is 39.7 Å². The smallest absolute Gasteiger partial charge is 0.325 e. The van der Waals surface area contributed by atoms with E-state index in [1.807, 2.05) is 38.1 Å². The van der Waals surface area contributed by atoms with Crippen molar-refractivity contribution in [1.82, 2.24) is 9.47 Å². The number of ether oxygens (including phenoxy) is 1. The van der Waals surface area contributed by atoms with Crippen LogP contribution in [0.3, 0.4) is 0 Å². The Labute approximate surface area is 149 Å². The average molecular weight is 358 g/mol. The number of aromatic nitrogens is 1. The molecule has 2 aromatic rings. The largest absolute Gasteiger partial charge is 0.468 e. The minimum atomic E-state index is -0.354. The van der Waals surface area contributed by atoms with Gasteiger partial charge in [0.1, 0.15) is 6.54 Å². The molecule has 0 unspecified atom stereocenters. The molecule has 0 radical (unpaired) electrons. The van der Waals surface area contributed by atoms with E-state index < -0.39 is 0 Å². The Morgan fingerprint density at radius 2 is 2.00 bits per heavy atom. The molecule has 0 bridgehead atoms. The molecule has 0 saturated carbocycles. The van der Waals surface area contributed by atoms with Gasteiger partial charge in [-0.1, -0.05) is 18.2 Å². The summed E-state index contributed by atoms with van der Waals surface area (Å²) in [5, 5.41) is 0.646. The third kappa shape index (κ3) is 3.19. The second-order valence-electron chi connectivity index (χ2n) is 5.95. The Morgan fingerprint density at radius 3 is 2.64 bits per heavy atom. The van der Waals surface area contributed by atoms with Crippen LogP contribution in [-0.2, 0) is 20.9 Å². The van der Waals surface area contributed by atoms with E-state index in [2.05, 4.69) is 0 Å². The first-order valence-corrected chi connectivity index (χ1v) is 8.65. The highest BCUT2D eigenvalue weighted by molar-refractivity contribution is 8.18. The lowest BCUT2D eigenvalue weighted by molar-refractivity contribution is -0.141. The number of esters is 1. The van der Waals surface area contributed by atoms with Gasteiger partial charge in [0.25, 0.3) is 11.1 Å². The molecule has 0 aliphatic carbocycles. The van der Waals surface area contributed by atoms with Gasteiger partial charge in [0.05, 0.1) is 12.0 Å². The number of para-hydroxylation sites is 1. The predicted octanol–water partition coefficient (Wildman–Crippen LogP) is 3.26. The summed E-state index contributed by atoms with van der Waals surface area (Å²) in [6, 6.07) is 7.41. The minimum absolute atomic E-state index is 0.0817. The molecule has 0 N–H and O–H groups in total. The molecule has 2 amide bonds. The van der Waals surface area contributed by atoms with Gasteiger partial charge in [0.15, 0.2) is 0 Å². The maximum Gasteiger partial charge on any atom is 0.325 e. The molecule has 1 aromatic carbocycles. The Morgan fingerprint density at radius 1 is 1.28 bits per heavy atom. The van der Waals surface area contributed by atoms with Crippen LogP contribution in [0.2, 0.25) is 0 Å². The monoisotopic (exact) mass is 358 g/mol. The molecule has 2 heterocycles. The Balaban J connectivity index is 2.04. The Bertz CT molecular complexity index is 898. The van der Waals surface area contributed by atoms with E-state index in [0.717, 1.165) is 28.2 Å². The van der Waals surface area contributed by atoms with Crippen molar-refractivity contribution < 1.29 is 19.1 Å². The van der Waals surface area contributed by atoms with Crippen LogP contribution in [0.5, 0.6) is 0 Å². The van der Waals surface area contributed by atoms with Gasteiger partial charge in [-0.15, -0.1) is 0 Å². The molecular weight excluding hydrogens is 340 g/mol. The molecule has 0 spiro atoms. The summed E-state index contributed by atoms with van der Waals surface area (Å²) < 4.78 is 6.51. The highest BCUT2D eigenvalue weighted by Crippen LogP contribution is 2.35. The molecular formula is C18H18N2O4S. The van der Waals surface area contributed by atoms with E-state index in [1.165, 1.54) is 12.0 Å². The minimum Gasteiger partial charge on any atom is -0.468 e. The van der Waals surface area contributed by atoms with Gasteiger partial charge in [-0.2, -0.15) is 0 Å². The zero-order valence-electron chi connectivity index (χ0n) is 14.2. The fourth-order valence-corrected chi connectivity index (χ4v) is 3.74. The fraction of sp³-hybridized carbons (Fsp3) is 0.278. The van der Waals surface area contributed by atoms with Crippen LogP contribution in [0.4, 0.5) is 4.79 Å². The fourth-order valence-electron chi connectivity index (χ4n) is 2.79. The number of carbonyl (C=O) groups is 3. The SMILES string of the molecule is COC(=O)Cn1cc(C=C2SC(=O)N(C(C)C)C2=O)c2ccccc21. The third-order valence-corrected chi connectivity index (χ3v) is 4.86. The number of nitrogens with zero attached hydrogens (tertiary/aromatic N) is 2. The van der Waals surface area contributed by atoms with Gasteiger partial charge in [0, 0.05) is 28.7 Å². The van der Waals surface area contributed by atoms with E-state index in [0.29, 0.717) is 4.91 Å². The van der Waals surface area contributed by atoms with Crippen LogP contribution >= 0.6 is 11.8 Å². The number of carbonyl (C=O) groups excluding carboxylic acids is 3. The van der Waals surface area contributed by atoms with Gasteiger partial charge in [-0.3, -0.25) is 19.3 Å². The zero-order chi connectivity index (χ0) is 18.1. The van der Waals surface area contributed by atoms with Crippen molar-refractivity contribution in [3.8, 4) is 0 Å². The molecule has 1 fully saturated rings. The number of thioether (sulfide) groups is 1. The number of imide groups is 1. The van der Waals surface area contributed by atoms with Gasteiger partial charge < -0.3 is 9.30 Å². The molecule has 0 atom stereocenters. The lowest BCUT2D eigenvalue weighted by atomic mass is 10.1. The molecule has 1 aromatic heterocycles. The molecule has 1 aliphatic heterocycles. The maximum atomic E-state index is 12.5. The number of hydrogen-bond donors (Lipinski definition) is 0. The van der Waals surface area contributed by atoms with Crippen LogP contribution < -0.4 is 0 Å². The van der Waals surface area contributed by atoms with Crippen LogP contribution in [0.15, 0.2) is 35.4 Å². The summed E-state index contributed by atoms with van der Waals surface area (Å²) in [5.41, 5.74) is 1.65. The van der Waals surface area contributed by atoms with Crippen molar-refractivity contribution in [2.24, 2.45) is 0 Å². The second kappa shape index (κ2) is 6.76. The summed E-state index contributed by atoms with van der Waals surface area (Å²) in [7, 11) is 1.34. The molecule has 7 heteroatoms. The van der Waals surface area contributed by atoms with Crippen molar-refractivity contribution in [2.75, 3.05) is 7.11 Å². The number of methoxy groups -OCH3 is 1. The molecule has 130 valence electrons. The van der Waals surface area contributed by atoms with Crippen molar-refractivity contribution in [3.05, 3.63) is 40.9 Å². The number of benzene rings is 1. The lowest BCUT2D eigenvalue weighted by Gasteiger charge is -2.16. The summed E-state index contributed by atoms with van der Waals surface area (Å²) in [4.78, 5) is 37.8. The van der Waals surface area contributed by atoms with Crippen LogP contribution in [0.25, 0.3) is 17.0 Å². The van der Waals surface area contributed by atoms with Crippen molar-refractivity contribution in [3.63, 3.8) is 0 Å². The highest BCUT2D eigenvalue weighted by atomic mass is 32.2. The van der Waals surface area contributed by atoms with Crippen LogP contribution in [0, 0.1) is 0 Å². The van der Waals surface area contributed by atoms with Crippen molar-refractivity contribution in [1.29, 1.82) is 0 Å². The summed E-state index contributed by atoms with van der Waals surface area (Å²) in [6.45, 7) is 3.70. The first-order chi connectivity index (χ1) is 11.9. The second-order valence-corrected chi connectivity index (χ2v) is 6.94. The standard InChI is InChI=1S/C18H18N2O4S/c1-11(2)20-17(22)15(25-18(20)23)8-12-9-19(10-16(21)24-3)14-7-5-4-6-13(12)14/h4-9,11H,10H2,1-3H3. The maximum absolute atomic E-state index is 12.5. The molecule has 3 rings (SSSR count). The molecule has 1 saturated heterocycles. The van der Waals surface area contributed by atoms with E-state index in [-0.39, 0.29) is 29.7 Å². The van der Waals surface area contributed by atoms with Gasteiger partial charge in [-0.05, 0) is 37.8 Å². The number of hydrogen-bond acceptors (Lipinski definition) is 5. The van der Waals surface area contributed by atoms with E-state index >= 15 is 0 Å². The molecule has 6 nitrogen and oxygen atoms in total. The van der Waals surface area contributed by atoms with Gasteiger partial charge in [-0.25, -0.2) is 0 Å². The number of amides is 2. The highest BCUT2D eigenvalue weighted by Gasteiger charge is 2.36. The van der Waals surface area contributed by atoms with Crippen molar-refractivity contribution in [2.45, 2.75) is 26.4 Å². The predicted molar refractivity (Wildman–Crippen MR) is 96.9 cm³/mol. The number of rotatable bonds is 4. The summed E-state index contributed by atoms with van der Waals surface area (Å²) >= 11 is 0.939. The quantitative estimate of drug-likeness (QED) is 0.620. The Kier molecular flexibility index (Phi) is 4.67. The van der Waals surface area contributed by atoms with E-state index in [4.69, 9.17) is 4.74 Å². The first-order valence-electron chi connectivity index (χ1n) is 7.84. The third-order valence-electron chi connectivity index (χ3n) is 3.97. The normalized spacial score (nSPS) is 16.5. The molecule has 25 heavy (non-hydrogen) atoms. The van der Waals surface area contributed by atoms with Gasteiger partial charge >= 0.3 is 5.97 Å². The zero-order valence-corrected chi connectivity index (χ0v) is 15.0. The van der Waals surface area contributed by atoms with Crippen molar-refractivity contribution >= 4 is 45.9 Å². The van der Waals surface area contributed by atoms with Crippen LogP contribution in [0.1, 0.15) is 19.4 Å². The summed E-state index contributed by atoms with van der Waals surface area (Å²) in [6.07, 6.45) is 3.51. The van der Waals surface area contributed by atoms with E-state index in [1.54, 1.807) is 16.8 Å². The first kappa shape index (κ1) is 17.3. The molecule has 1 aliphatic rings. The lowest BCUT2D eigenvalue weighted by Crippen LogP contribution is -2.34.